The van der Waals surface area contributed by atoms with Gasteiger partial charge in [-0.1, -0.05) is 61.9 Å². The van der Waals surface area contributed by atoms with Crippen molar-refractivity contribution < 1.29 is 9.59 Å². The Kier molecular flexibility index (Phi) is 3.93. The topological polar surface area (TPSA) is 40.6 Å². The molecule has 4 heteroatoms. The van der Waals surface area contributed by atoms with E-state index in [1.165, 1.54) is 0 Å². The molecule has 2 bridgehead atoms. The first kappa shape index (κ1) is 18.4. The summed E-state index contributed by atoms with van der Waals surface area (Å²) in [6, 6.07) is 17.7. The predicted octanol–water partition coefficient (Wildman–Crippen LogP) is 4.52. The predicted molar refractivity (Wildman–Crippen MR) is 113 cm³/mol. The summed E-state index contributed by atoms with van der Waals surface area (Å²) in [4.78, 5) is 27.6. The molecule has 3 fully saturated rings. The summed E-state index contributed by atoms with van der Waals surface area (Å²) in [5.41, 5.74) is 2.39. The van der Waals surface area contributed by atoms with Crippen LogP contribution in [-0.4, -0.2) is 22.9 Å². The molecule has 4 nitrogen and oxygen atoms in total. The second-order valence-electron chi connectivity index (χ2n) is 9.54. The Balaban J connectivity index is 1.58. The van der Waals surface area contributed by atoms with Gasteiger partial charge in [-0.05, 0) is 55.2 Å². The summed E-state index contributed by atoms with van der Waals surface area (Å²) in [6.45, 7) is 6.51. The van der Waals surface area contributed by atoms with E-state index in [1.54, 1.807) is 5.01 Å². The Bertz CT molecular complexity index is 983. The van der Waals surface area contributed by atoms with Crippen molar-refractivity contribution in [2.24, 2.45) is 16.7 Å². The van der Waals surface area contributed by atoms with Crippen LogP contribution in [0, 0.1) is 23.7 Å². The molecule has 3 atom stereocenters. The van der Waals surface area contributed by atoms with Gasteiger partial charge in [0.1, 0.15) is 0 Å². The Labute approximate surface area is 172 Å². The molecule has 2 saturated carbocycles. The second-order valence-corrected chi connectivity index (χ2v) is 9.54. The molecular weight excluding hydrogens is 360 g/mol. The van der Waals surface area contributed by atoms with Gasteiger partial charge < -0.3 is 0 Å². The molecule has 2 amide bonds. The minimum atomic E-state index is -0.463. The Morgan fingerprint density at radius 3 is 2.55 bits per heavy atom. The van der Waals surface area contributed by atoms with Crippen LogP contribution in [0.3, 0.4) is 0 Å². The number of rotatable bonds is 3. The average Bonchev–Trinajstić information content (AvgIpc) is 3.21. The molecule has 1 spiro atoms. The summed E-state index contributed by atoms with van der Waals surface area (Å²) in [7, 11) is 0. The quantitative estimate of drug-likeness (QED) is 0.775. The van der Waals surface area contributed by atoms with Crippen molar-refractivity contribution in [3.63, 3.8) is 0 Å². The van der Waals surface area contributed by atoms with Gasteiger partial charge in [-0.3, -0.25) is 9.59 Å². The molecule has 2 aromatic carbocycles. The molecule has 3 aliphatic rings. The number of anilines is 1. The highest BCUT2D eigenvalue weighted by molar-refractivity contribution is 6.05. The van der Waals surface area contributed by atoms with Crippen molar-refractivity contribution in [3.8, 4) is 0 Å². The number of hydrogen-bond donors (Lipinski definition) is 0. The third-order valence-electron chi connectivity index (χ3n) is 7.91. The van der Waals surface area contributed by atoms with Crippen LogP contribution in [0.15, 0.2) is 54.6 Å². The van der Waals surface area contributed by atoms with E-state index in [0.29, 0.717) is 12.3 Å². The zero-order chi connectivity index (χ0) is 20.4. The first-order valence-electron chi connectivity index (χ1n) is 10.6. The monoisotopic (exact) mass is 388 g/mol. The number of benzene rings is 2. The van der Waals surface area contributed by atoms with E-state index in [0.717, 1.165) is 36.1 Å². The minimum Gasteiger partial charge on any atom is -0.273 e. The Hall–Kier alpha value is -2.62. The molecule has 2 aliphatic carbocycles. The van der Waals surface area contributed by atoms with Gasteiger partial charge in [0, 0.05) is 0 Å². The molecule has 2 aromatic rings. The third kappa shape index (κ3) is 2.38. The van der Waals surface area contributed by atoms with Gasteiger partial charge in [-0.25, -0.2) is 10.0 Å². The van der Waals surface area contributed by atoms with Crippen LogP contribution < -0.4 is 5.01 Å². The third-order valence-corrected chi connectivity index (χ3v) is 7.91. The zero-order valence-corrected chi connectivity index (χ0v) is 17.4. The first-order chi connectivity index (χ1) is 13.9. The second kappa shape index (κ2) is 6.19. The van der Waals surface area contributed by atoms with E-state index in [-0.39, 0.29) is 23.3 Å². The van der Waals surface area contributed by atoms with Crippen molar-refractivity contribution in [1.82, 2.24) is 5.01 Å². The first-order valence-corrected chi connectivity index (χ1v) is 10.6. The lowest BCUT2D eigenvalue weighted by molar-refractivity contribution is -0.134. The van der Waals surface area contributed by atoms with E-state index in [9.17, 15) is 9.59 Å². The Morgan fingerprint density at radius 1 is 1.10 bits per heavy atom. The van der Waals surface area contributed by atoms with E-state index in [1.807, 2.05) is 60.5 Å². The maximum Gasteiger partial charge on any atom is 0.254 e. The van der Waals surface area contributed by atoms with Gasteiger partial charge in [0.25, 0.3) is 5.91 Å². The number of fused-ring (bicyclic) bond motifs is 1. The van der Waals surface area contributed by atoms with Crippen molar-refractivity contribution >= 4 is 17.5 Å². The molecule has 5 rings (SSSR count). The molecular formula is C25H28N2O2. The summed E-state index contributed by atoms with van der Waals surface area (Å²) >= 11 is 0. The fraction of sp³-hybridized carbons (Fsp3) is 0.440. The van der Waals surface area contributed by atoms with E-state index < -0.39 is 5.41 Å². The SMILES string of the molecule is Cc1cccc(CC(=O)N2[C@@H]3C[C@H]4CC[C@]3(C(=O)N2c2ccccc2)C4(C)C)c1. The van der Waals surface area contributed by atoms with Crippen molar-refractivity contribution in [2.45, 2.75) is 52.5 Å². The van der Waals surface area contributed by atoms with Crippen molar-refractivity contribution in [2.75, 3.05) is 5.01 Å². The number of para-hydroxylation sites is 1. The molecule has 1 heterocycles. The maximum atomic E-state index is 13.9. The van der Waals surface area contributed by atoms with Gasteiger partial charge in [-0.15, -0.1) is 0 Å². The summed E-state index contributed by atoms with van der Waals surface area (Å²) in [5.74, 6) is 0.623. The van der Waals surface area contributed by atoms with Crippen LogP contribution in [0.25, 0.3) is 0 Å². The van der Waals surface area contributed by atoms with Crippen LogP contribution in [-0.2, 0) is 16.0 Å². The molecule has 1 aliphatic heterocycles. The molecule has 0 radical (unpaired) electrons. The number of aryl methyl sites for hydroxylation is 1. The van der Waals surface area contributed by atoms with E-state index >= 15 is 0 Å². The smallest absolute Gasteiger partial charge is 0.254 e. The van der Waals surface area contributed by atoms with E-state index in [4.69, 9.17) is 0 Å². The van der Waals surface area contributed by atoms with Crippen LogP contribution in [0.1, 0.15) is 44.2 Å². The highest BCUT2D eigenvalue weighted by Gasteiger charge is 2.75. The van der Waals surface area contributed by atoms with Crippen LogP contribution in [0.4, 0.5) is 5.69 Å². The van der Waals surface area contributed by atoms with Gasteiger partial charge in [0.15, 0.2) is 0 Å². The average molecular weight is 389 g/mol. The van der Waals surface area contributed by atoms with Gasteiger partial charge >= 0.3 is 0 Å². The van der Waals surface area contributed by atoms with E-state index in [2.05, 4.69) is 19.9 Å². The number of amides is 2. The largest absolute Gasteiger partial charge is 0.273 e. The summed E-state index contributed by atoms with van der Waals surface area (Å²) in [5, 5.41) is 3.52. The van der Waals surface area contributed by atoms with Crippen LogP contribution in [0.2, 0.25) is 0 Å². The number of hydrazine groups is 1. The zero-order valence-electron chi connectivity index (χ0n) is 17.4. The molecule has 0 aromatic heterocycles. The van der Waals surface area contributed by atoms with Crippen molar-refractivity contribution in [1.29, 1.82) is 0 Å². The van der Waals surface area contributed by atoms with Gasteiger partial charge in [0.05, 0.1) is 23.6 Å². The molecule has 29 heavy (non-hydrogen) atoms. The molecule has 1 saturated heterocycles. The van der Waals surface area contributed by atoms with Crippen LogP contribution in [0.5, 0.6) is 0 Å². The fourth-order valence-electron chi connectivity index (χ4n) is 6.36. The standard InChI is InChI=1S/C25H28N2O2/c1-17-8-7-9-18(14-17)15-22(28)27-21-16-19-12-13-25(21,24(19,2)3)23(29)26(27)20-10-5-4-6-11-20/h4-11,14,19,21H,12-13,15-16H2,1-3H3/t19-,21-,25+/m1/s1. The molecule has 0 unspecified atom stereocenters. The number of carbonyl (C=O) groups excluding carboxylic acids is 2. The lowest BCUT2D eigenvalue weighted by Crippen LogP contribution is -2.48. The molecule has 150 valence electrons. The minimum absolute atomic E-state index is 0.0121. The number of nitrogens with zero attached hydrogens (tertiary/aromatic N) is 2. The highest BCUT2D eigenvalue weighted by atomic mass is 16.2. The van der Waals surface area contributed by atoms with Gasteiger partial charge in [0.2, 0.25) is 5.91 Å². The molecule has 0 N–H and O–H groups in total. The lowest BCUT2D eigenvalue weighted by atomic mass is 9.67. The highest BCUT2D eigenvalue weighted by Crippen LogP contribution is 2.70. The van der Waals surface area contributed by atoms with Crippen molar-refractivity contribution in [3.05, 3.63) is 65.7 Å². The number of carbonyl (C=O) groups is 2. The lowest BCUT2D eigenvalue weighted by Gasteiger charge is -2.35. The summed E-state index contributed by atoms with van der Waals surface area (Å²) < 4.78 is 0. The number of hydrogen-bond acceptors (Lipinski definition) is 2. The summed E-state index contributed by atoms with van der Waals surface area (Å²) in [6.07, 6.45) is 3.20. The maximum absolute atomic E-state index is 13.9. The Morgan fingerprint density at radius 2 is 1.86 bits per heavy atom. The van der Waals surface area contributed by atoms with Crippen LogP contribution >= 0.6 is 0 Å². The fourth-order valence-corrected chi connectivity index (χ4v) is 6.36. The normalized spacial score (nSPS) is 29.4. The van der Waals surface area contributed by atoms with Gasteiger partial charge in [-0.2, -0.15) is 0 Å².